The van der Waals surface area contributed by atoms with Gasteiger partial charge in [-0.1, -0.05) is 20.3 Å². The first-order valence-electron chi connectivity index (χ1n) is 7.22. The van der Waals surface area contributed by atoms with E-state index in [2.05, 4.69) is 18.7 Å². The van der Waals surface area contributed by atoms with Gasteiger partial charge in [-0.05, 0) is 38.8 Å². The monoisotopic (exact) mass is 256 g/mol. The summed E-state index contributed by atoms with van der Waals surface area (Å²) < 4.78 is 5.17. The molecule has 0 aliphatic carbocycles. The Morgan fingerprint density at radius 2 is 1.89 bits per heavy atom. The SMILES string of the molecule is CCOC(=O)C(CN)C(C(C)C)N1CCCCC1. The second-order valence-corrected chi connectivity index (χ2v) is 5.43. The summed E-state index contributed by atoms with van der Waals surface area (Å²) in [5.41, 5.74) is 5.82. The average Bonchev–Trinajstić information content (AvgIpc) is 2.36. The number of nitrogens with zero attached hydrogens (tertiary/aromatic N) is 1. The molecule has 106 valence electrons. The Morgan fingerprint density at radius 3 is 2.33 bits per heavy atom. The van der Waals surface area contributed by atoms with Gasteiger partial charge >= 0.3 is 5.97 Å². The molecule has 0 spiro atoms. The molecule has 18 heavy (non-hydrogen) atoms. The number of likely N-dealkylation sites (tertiary alicyclic amines) is 1. The van der Waals surface area contributed by atoms with Gasteiger partial charge in [0.05, 0.1) is 12.5 Å². The zero-order chi connectivity index (χ0) is 13.5. The molecule has 0 aromatic carbocycles. The molecule has 2 unspecified atom stereocenters. The summed E-state index contributed by atoms with van der Waals surface area (Å²) in [4.78, 5) is 14.5. The van der Waals surface area contributed by atoms with Gasteiger partial charge in [0.15, 0.2) is 0 Å². The van der Waals surface area contributed by atoms with Crippen LogP contribution in [0.2, 0.25) is 0 Å². The zero-order valence-corrected chi connectivity index (χ0v) is 12.0. The molecule has 0 bridgehead atoms. The highest BCUT2D eigenvalue weighted by Crippen LogP contribution is 2.24. The van der Waals surface area contributed by atoms with Crippen LogP contribution >= 0.6 is 0 Å². The third-order valence-corrected chi connectivity index (χ3v) is 3.75. The molecule has 1 aliphatic heterocycles. The van der Waals surface area contributed by atoms with Crippen LogP contribution in [0.15, 0.2) is 0 Å². The number of ether oxygens (including phenoxy) is 1. The van der Waals surface area contributed by atoms with Crippen molar-refractivity contribution in [2.45, 2.75) is 46.1 Å². The summed E-state index contributed by atoms with van der Waals surface area (Å²) in [5.74, 6) is 0.0911. The predicted molar refractivity (Wildman–Crippen MR) is 73.2 cm³/mol. The maximum Gasteiger partial charge on any atom is 0.311 e. The molecule has 4 heteroatoms. The number of hydrogen-bond donors (Lipinski definition) is 1. The van der Waals surface area contributed by atoms with Gasteiger partial charge in [-0.3, -0.25) is 9.69 Å². The molecular formula is C14H28N2O2. The minimum absolute atomic E-state index is 0.135. The molecule has 1 aliphatic rings. The van der Waals surface area contributed by atoms with Crippen molar-refractivity contribution in [3.05, 3.63) is 0 Å². The topological polar surface area (TPSA) is 55.6 Å². The van der Waals surface area contributed by atoms with E-state index in [1.807, 2.05) is 6.92 Å². The van der Waals surface area contributed by atoms with E-state index < -0.39 is 0 Å². The van der Waals surface area contributed by atoms with Gasteiger partial charge in [0.2, 0.25) is 0 Å². The third kappa shape index (κ3) is 3.95. The van der Waals surface area contributed by atoms with Crippen molar-refractivity contribution < 1.29 is 9.53 Å². The van der Waals surface area contributed by atoms with Crippen molar-refractivity contribution in [3.63, 3.8) is 0 Å². The minimum Gasteiger partial charge on any atom is -0.466 e. The van der Waals surface area contributed by atoms with E-state index in [9.17, 15) is 4.79 Å². The summed E-state index contributed by atoms with van der Waals surface area (Å²) in [5, 5.41) is 0. The lowest BCUT2D eigenvalue weighted by atomic mass is 9.87. The maximum absolute atomic E-state index is 12.0. The fourth-order valence-electron chi connectivity index (χ4n) is 2.98. The van der Waals surface area contributed by atoms with Crippen LogP contribution in [-0.4, -0.2) is 43.2 Å². The van der Waals surface area contributed by atoms with E-state index in [1.165, 1.54) is 19.3 Å². The summed E-state index contributed by atoms with van der Waals surface area (Å²) >= 11 is 0. The van der Waals surface area contributed by atoms with Crippen LogP contribution in [0.4, 0.5) is 0 Å². The summed E-state index contributed by atoms with van der Waals surface area (Å²) in [7, 11) is 0. The van der Waals surface area contributed by atoms with E-state index in [1.54, 1.807) is 0 Å². The molecule has 0 aromatic heterocycles. The summed E-state index contributed by atoms with van der Waals surface area (Å²) in [6.45, 7) is 9.15. The van der Waals surface area contributed by atoms with E-state index >= 15 is 0 Å². The molecule has 1 rings (SSSR count). The highest BCUT2D eigenvalue weighted by atomic mass is 16.5. The molecule has 0 radical (unpaired) electrons. The average molecular weight is 256 g/mol. The summed E-state index contributed by atoms with van der Waals surface area (Å²) in [6, 6.07) is 0.217. The lowest BCUT2D eigenvalue weighted by Gasteiger charge is -2.40. The smallest absolute Gasteiger partial charge is 0.311 e. The Kier molecular flexibility index (Phi) is 6.65. The number of carbonyl (C=O) groups is 1. The maximum atomic E-state index is 12.0. The van der Waals surface area contributed by atoms with Crippen LogP contribution < -0.4 is 5.73 Å². The van der Waals surface area contributed by atoms with E-state index in [0.717, 1.165) is 13.1 Å². The Labute approximate surface area is 111 Å². The van der Waals surface area contributed by atoms with Crippen molar-refractivity contribution in [3.8, 4) is 0 Å². The van der Waals surface area contributed by atoms with E-state index in [4.69, 9.17) is 10.5 Å². The van der Waals surface area contributed by atoms with Crippen molar-refractivity contribution in [2.75, 3.05) is 26.2 Å². The number of nitrogens with two attached hydrogens (primary N) is 1. The van der Waals surface area contributed by atoms with Crippen molar-refractivity contribution in [1.29, 1.82) is 0 Å². The van der Waals surface area contributed by atoms with Gasteiger partial charge in [-0.25, -0.2) is 0 Å². The van der Waals surface area contributed by atoms with Crippen molar-refractivity contribution in [1.82, 2.24) is 4.90 Å². The van der Waals surface area contributed by atoms with E-state index in [-0.39, 0.29) is 17.9 Å². The highest BCUT2D eigenvalue weighted by Gasteiger charge is 2.35. The molecule has 1 heterocycles. The van der Waals surface area contributed by atoms with Crippen LogP contribution in [0.25, 0.3) is 0 Å². The lowest BCUT2D eigenvalue weighted by Crippen LogP contribution is -2.51. The fourth-order valence-corrected chi connectivity index (χ4v) is 2.98. The molecule has 2 N–H and O–H groups in total. The Bertz CT molecular complexity index is 250. The second kappa shape index (κ2) is 7.74. The van der Waals surface area contributed by atoms with Gasteiger partial charge in [0.25, 0.3) is 0 Å². The molecule has 0 saturated carbocycles. The third-order valence-electron chi connectivity index (χ3n) is 3.75. The first-order chi connectivity index (χ1) is 8.61. The number of carbonyl (C=O) groups excluding carboxylic acids is 1. The molecule has 4 nitrogen and oxygen atoms in total. The largest absolute Gasteiger partial charge is 0.466 e. The number of esters is 1. The van der Waals surface area contributed by atoms with Crippen LogP contribution in [0.3, 0.4) is 0 Å². The Hall–Kier alpha value is -0.610. The van der Waals surface area contributed by atoms with Crippen molar-refractivity contribution >= 4 is 5.97 Å². The fraction of sp³-hybridized carbons (Fsp3) is 0.929. The second-order valence-electron chi connectivity index (χ2n) is 5.43. The molecule has 2 atom stereocenters. The number of hydrogen-bond acceptors (Lipinski definition) is 4. The normalized spacial score (nSPS) is 20.7. The van der Waals surface area contributed by atoms with Crippen LogP contribution in [0, 0.1) is 11.8 Å². The predicted octanol–water partition coefficient (Wildman–Crippen LogP) is 1.63. The van der Waals surface area contributed by atoms with Crippen LogP contribution in [0.1, 0.15) is 40.0 Å². The van der Waals surface area contributed by atoms with Crippen LogP contribution in [0.5, 0.6) is 0 Å². The molecule has 0 amide bonds. The van der Waals surface area contributed by atoms with Crippen LogP contribution in [-0.2, 0) is 9.53 Å². The molecule has 0 aromatic rings. The Balaban J connectivity index is 2.76. The summed E-state index contributed by atoms with van der Waals surface area (Å²) in [6.07, 6.45) is 3.75. The molecular weight excluding hydrogens is 228 g/mol. The molecule has 1 saturated heterocycles. The van der Waals surface area contributed by atoms with E-state index in [0.29, 0.717) is 19.1 Å². The first kappa shape index (κ1) is 15.4. The zero-order valence-electron chi connectivity index (χ0n) is 12.0. The first-order valence-corrected chi connectivity index (χ1v) is 7.22. The number of rotatable bonds is 6. The highest BCUT2D eigenvalue weighted by molar-refractivity contribution is 5.73. The Morgan fingerprint density at radius 1 is 1.28 bits per heavy atom. The standard InChI is InChI=1S/C14H28N2O2/c1-4-18-14(17)12(10-15)13(11(2)3)16-8-6-5-7-9-16/h11-13H,4-10,15H2,1-3H3. The van der Waals surface area contributed by atoms with Gasteiger partial charge in [0.1, 0.15) is 0 Å². The van der Waals surface area contributed by atoms with Gasteiger partial charge in [-0.15, -0.1) is 0 Å². The van der Waals surface area contributed by atoms with Gasteiger partial charge < -0.3 is 10.5 Å². The van der Waals surface area contributed by atoms with Gasteiger partial charge in [0, 0.05) is 12.6 Å². The van der Waals surface area contributed by atoms with Gasteiger partial charge in [-0.2, -0.15) is 0 Å². The molecule has 1 fully saturated rings. The lowest BCUT2D eigenvalue weighted by molar-refractivity contribution is -0.151. The minimum atomic E-state index is -0.192. The van der Waals surface area contributed by atoms with Crippen molar-refractivity contribution in [2.24, 2.45) is 17.6 Å². The quantitative estimate of drug-likeness (QED) is 0.734. The number of piperidine rings is 1.